The first-order valence-corrected chi connectivity index (χ1v) is 6.11. The van der Waals surface area contributed by atoms with Crippen LogP contribution in [0.15, 0.2) is 24.3 Å². The SMILES string of the molecule is O=C1CN(CCCOc2ccc(F)cc2)CCN1. The fourth-order valence-electron chi connectivity index (χ4n) is 1.89. The molecule has 1 heterocycles. The number of carbonyl (C=O) groups is 1. The maximum atomic E-state index is 12.7. The van der Waals surface area contributed by atoms with Crippen molar-refractivity contribution in [3.05, 3.63) is 30.1 Å². The summed E-state index contributed by atoms with van der Waals surface area (Å²) in [4.78, 5) is 13.2. The molecule has 18 heavy (non-hydrogen) atoms. The van der Waals surface area contributed by atoms with Crippen LogP contribution in [0.5, 0.6) is 5.75 Å². The number of carbonyl (C=O) groups excluding carboxylic acids is 1. The molecule has 1 aliphatic rings. The monoisotopic (exact) mass is 252 g/mol. The molecule has 1 amide bonds. The smallest absolute Gasteiger partial charge is 0.234 e. The molecule has 1 N–H and O–H groups in total. The normalized spacial score (nSPS) is 16.4. The van der Waals surface area contributed by atoms with Gasteiger partial charge in [-0.15, -0.1) is 0 Å². The number of nitrogens with zero attached hydrogens (tertiary/aromatic N) is 1. The van der Waals surface area contributed by atoms with Crippen LogP contribution < -0.4 is 10.1 Å². The maximum Gasteiger partial charge on any atom is 0.234 e. The summed E-state index contributed by atoms with van der Waals surface area (Å²) in [6.45, 7) is 3.49. The predicted molar refractivity (Wildman–Crippen MR) is 66.0 cm³/mol. The Morgan fingerprint density at radius 3 is 2.83 bits per heavy atom. The van der Waals surface area contributed by atoms with E-state index in [4.69, 9.17) is 4.74 Å². The summed E-state index contributed by atoms with van der Waals surface area (Å²) in [7, 11) is 0. The van der Waals surface area contributed by atoms with E-state index in [-0.39, 0.29) is 11.7 Å². The van der Waals surface area contributed by atoms with Crippen LogP contribution in [0, 0.1) is 5.82 Å². The van der Waals surface area contributed by atoms with E-state index in [2.05, 4.69) is 10.2 Å². The molecule has 0 spiro atoms. The molecule has 1 aromatic carbocycles. The second-order valence-electron chi connectivity index (χ2n) is 4.28. The average molecular weight is 252 g/mol. The number of amides is 1. The Kier molecular flexibility index (Phi) is 4.52. The highest BCUT2D eigenvalue weighted by Crippen LogP contribution is 2.11. The van der Waals surface area contributed by atoms with E-state index in [1.54, 1.807) is 12.1 Å². The van der Waals surface area contributed by atoms with Gasteiger partial charge >= 0.3 is 0 Å². The van der Waals surface area contributed by atoms with Crippen LogP contribution in [-0.2, 0) is 4.79 Å². The Bertz CT molecular complexity index is 394. The van der Waals surface area contributed by atoms with Gasteiger partial charge in [0.25, 0.3) is 0 Å². The molecule has 1 fully saturated rings. The van der Waals surface area contributed by atoms with E-state index >= 15 is 0 Å². The van der Waals surface area contributed by atoms with Gasteiger partial charge in [0.15, 0.2) is 0 Å². The number of ether oxygens (including phenoxy) is 1. The highest BCUT2D eigenvalue weighted by Gasteiger charge is 2.14. The van der Waals surface area contributed by atoms with Crippen LogP contribution in [0.1, 0.15) is 6.42 Å². The number of hydrogen-bond acceptors (Lipinski definition) is 3. The number of benzene rings is 1. The lowest BCUT2D eigenvalue weighted by Gasteiger charge is -2.26. The summed E-state index contributed by atoms with van der Waals surface area (Å²) in [6, 6.07) is 5.99. The molecule has 0 atom stereocenters. The van der Waals surface area contributed by atoms with Crippen LogP contribution >= 0.6 is 0 Å². The van der Waals surface area contributed by atoms with Gasteiger partial charge in [-0.2, -0.15) is 0 Å². The first-order chi connectivity index (χ1) is 8.74. The molecule has 0 radical (unpaired) electrons. The largest absolute Gasteiger partial charge is 0.494 e. The molecule has 1 aliphatic heterocycles. The van der Waals surface area contributed by atoms with E-state index in [1.165, 1.54) is 12.1 Å². The third-order valence-electron chi connectivity index (χ3n) is 2.82. The zero-order valence-corrected chi connectivity index (χ0v) is 10.2. The van der Waals surface area contributed by atoms with Gasteiger partial charge in [-0.05, 0) is 30.7 Å². The van der Waals surface area contributed by atoms with Gasteiger partial charge in [0.2, 0.25) is 5.91 Å². The van der Waals surface area contributed by atoms with Gasteiger partial charge in [-0.1, -0.05) is 0 Å². The fraction of sp³-hybridized carbons (Fsp3) is 0.462. The van der Waals surface area contributed by atoms with E-state index in [0.29, 0.717) is 18.9 Å². The second-order valence-corrected chi connectivity index (χ2v) is 4.28. The molecule has 4 nitrogen and oxygen atoms in total. The number of halogens is 1. The highest BCUT2D eigenvalue weighted by molar-refractivity contribution is 5.78. The van der Waals surface area contributed by atoms with Crippen LogP contribution in [0.2, 0.25) is 0 Å². The quantitative estimate of drug-likeness (QED) is 0.796. The molecule has 98 valence electrons. The summed E-state index contributed by atoms with van der Waals surface area (Å²) < 4.78 is 18.1. The van der Waals surface area contributed by atoms with Crippen LogP contribution in [-0.4, -0.2) is 43.6 Å². The Morgan fingerprint density at radius 2 is 2.11 bits per heavy atom. The number of piperazine rings is 1. The summed E-state index contributed by atoms with van der Waals surface area (Å²) in [5.74, 6) is 0.496. The minimum Gasteiger partial charge on any atom is -0.494 e. The van der Waals surface area contributed by atoms with Gasteiger partial charge in [-0.25, -0.2) is 4.39 Å². The van der Waals surface area contributed by atoms with Crippen molar-refractivity contribution in [1.29, 1.82) is 0 Å². The summed E-state index contributed by atoms with van der Waals surface area (Å²) in [6.07, 6.45) is 0.852. The first-order valence-electron chi connectivity index (χ1n) is 6.11. The molecule has 0 saturated carbocycles. The molecular weight excluding hydrogens is 235 g/mol. The van der Waals surface area contributed by atoms with Crippen LogP contribution in [0.25, 0.3) is 0 Å². The fourth-order valence-corrected chi connectivity index (χ4v) is 1.89. The molecule has 1 saturated heterocycles. The van der Waals surface area contributed by atoms with E-state index in [9.17, 15) is 9.18 Å². The van der Waals surface area contributed by atoms with Gasteiger partial charge in [0.05, 0.1) is 13.2 Å². The number of rotatable bonds is 5. The molecular formula is C13H17FN2O2. The topological polar surface area (TPSA) is 41.6 Å². The minimum atomic E-state index is -0.262. The lowest BCUT2D eigenvalue weighted by molar-refractivity contribution is -0.124. The summed E-state index contributed by atoms with van der Waals surface area (Å²) in [5, 5.41) is 2.79. The summed E-state index contributed by atoms with van der Waals surface area (Å²) >= 11 is 0. The Balaban J connectivity index is 1.63. The van der Waals surface area contributed by atoms with E-state index in [1.807, 2.05) is 0 Å². The van der Waals surface area contributed by atoms with Gasteiger partial charge < -0.3 is 10.1 Å². The van der Waals surface area contributed by atoms with Crippen molar-refractivity contribution in [3.8, 4) is 5.75 Å². The van der Waals surface area contributed by atoms with Crippen molar-refractivity contribution in [2.75, 3.05) is 32.8 Å². The van der Waals surface area contributed by atoms with Crippen molar-refractivity contribution in [2.45, 2.75) is 6.42 Å². The van der Waals surface area contributed by atoms with Crippen molar-refractivity contribution in [2.24, 2.45) is 0 Å². The van der Waals surface area contributed by atoms with Gasteiger partial charge in [0.1, 0.15) is 11.6 Å². The molecule has 0 unspecified atom stereocenters. The van der Waals surface area contributed by atoms with Crippen molar-refractivity contribution in [3.63, 3.8) is 0 Å². The highest BCUT2D eigenvalue weighted by atomic mass is 19.1. The third kappa shape index (κ3) is 4.00. The molecule has 5 heteroatoms. The summed E-state index contributed by atoms with van der Waals surface area (Å²) in [5.41, 5.74) is 0. The van der Waals surface area contributed by atoms with Crippen molar-refractivity contribution in [1.82, 2.24) is 10.2 Å². The second kappa shape index (κ2) is 6.35. The first kappa shape index (κ1) is 12.8. The predicted octanol–water partition coefficient (Wildman–Crippen LogP) is 1.03. The van der Waals surface area contributed by atoms with Gasteiger partial charge in [-0.3, -0.25) is 9.69 Å². The van der Waals surface area contributed by atoms with E-state index < -0.39 is 0 Å². The lowest BCUT2D eigenvalue weighted by Crippen LogP contribution is -2.47. The van der Waals surface area contributed by atoms with Gasteiger partial charge in [0, 0.05) is 19.6 Å². The maximum absolute atomic E-state index is 12.7. The van der Waals surface area contributed by atoms with Crippen LogP contribution in [0.4, 0.5) is 4.39 Å². The number of hydrogen-bond donors (Lipinski definition) is 1. The zero-order valence-electron chi connectivity index (χ0n) is 10.2. The Labute approximate surface area is 106 Å². The Morgan fingerprint density at radius 1 is 1.33 bits per heavy atom. The molecule has 2 rings (SSSR count). The minimum absolute atomic E-state index is 0.0840. The standard InChI is InChI=1S/C13H17FN2O2/c14-11-2-4-12(5-3-11)18-9-1-7-16-8-6-15-13(17)10-16/h2-5H,1,6-10H2,(H,15,17). The molecule has 0 bridgehead atoms. The average Bonchev–Trinajstić information content (AvgIpc) is 2.37. The lowest BCUT2D eigenvalue weighted by atomic mass is 10.3. The third-order valence-corrected chi connectivity index (χ3v) is 2.82. The molecule has 0 aromatic heterocycles. The van der Waals surface area contributed by atoms with E-state index in [0.717, 1.165) is 26.1 Å². The van der Waals surface area contributed by atoms with Crippen LogP contribution in [0.3, 0.4) is 0 Å². The number of nitrogens with one attached hydrogen (secondary N) is 1. The molecule has 1 aromatic rings. The molecule has 0 aliphatic carbocycles. The zero-order chi connectivity index (χ0) is 12.8. The Hall–Kier alpha value is -1.62. The van der Waals surface area contributed by atoms with Crippen molar-refractivity contribution < 1.29 is 13.9 Å². The van der Waals surface area contributed by atoms with Crippen molar-refractivity contribution >= 4 is 5.91 Å².